The van der Waals surface area contributed by atoms with Crippen molar-refractivity contribution < 1.29 is 4.79 Å². The molecule has 1 nitrogen and oxygen atoms in total. The lowest BCUT2D eigenvalue weighted by Gasteiger charge is -2.07. The Balaban J connectivity index is 3.89. The van der Waals surface area contributed by atoms with E-state index >= 15 is 0 Å². The zero-order chi connectivity index (χ0) is 14.0. The lowest BCUT2D eigenvalue weighted by Crippen LogP contribution is -1.93. The Morgan fingerprint density at radius 3 is 2.28 bits per heavy atom. The van der Waals surface area contributed by atoms with Gasteiger partial charge in [-0.3, -0.25) is 4.79 Å². The van der Waals surface area contributed by atoms with Gasteiger partial charge in [0.1, 0.15) is 0 Å². The maximum atomic E-state index is 11.2. The monoisotopic (exact) mass is 250 g/mol. The second-order valence-corrected chi connectivity index (χ2v) is 5.72. The first-order valence-corrected chi connectivity index (χ1v) is 7.35. The molecule has 0 amide bonds. The maximum absolute atomic E-state index is 11.2. The van der Waals surface area contributed by atoms with Crippen molar-refractivity contribution in [3.63, 3.8) is 0 Å². The minimum Gasteiger partial charge on any atom is -0.295 e. The van der Waals surface area contributed by atoms with Gasteiger partial charge < -0.3 is 0 Å². The third-order valence-electron chi connectivity index (χ3n) is 3.12. The van der Waals surface area contributed by atoms with E-state index in [9.17, 15) is 4.79 Å². The Morgan fingerprint density at radius 1 is 1.11 bits per heavy atom. The van der Waals surface area contributed by atoms with Gasteiger partial charge in [0, 0.05) is 6.42 Å². The summed E-state index contributed by atoms with van der Waals surface area (Å²) in [6.07, 6.45) is 11.9. The number of allylic oxidation sites excluding steroid dienone is 4. The Kier molecular flexibility index (Phi) is 9.63. The highest BCUT2D eigenvalue weighted by Crippen LogP contribution is 2.14. The van der Waals surface area contributed by atoms with Crippen molar-refractivity contribution in [2.24, 2.45) is 11.8 Å². The van der Waals surface area contributed by atoms with Crippen molar-refractivity contribution in [2.75, 3.05) is 0 Å². The van der Waals surface area contributed by atoms with Gasteiger partial charge in [-0.05, 0) is 36.8 Å². The molecule has 1 atom stereocenters. The van der Waals surface area contributed by atoms with E-state index in [0.29, 0.717) is 12.3 Å². The van der Waals surface area contributed by atoms with E-state index in [4.69, 9.17) is 0 Å². The second-order valence-electron chi connectivity index (χ2n) is 5.72. The lowest BCUT2D eigenvalue weighted by molar-refractivity contribution is -0.114. The second kappa shape index (κ2) is 10.1. The van der Waals surface area contributed by atoms with Crippen LogP contribution in [0.5, 0.6) is 0 Å². The molecule has 0 aromatic carbocycles. The average molecular weight is 250 g/mol. The first kappa shape index (κ1) is 17.2. The number of rotatable bonds is 9. The summed E-state index contributed by atoms with van der Waals surface area (Å²) in [6, 6.07) is 0. The van der Waals surface area contributed by atoms with Gasteiger partial charge in [-0.15, -0.1) is 0 Å². The molecule has 0 aliphatic rings. The molecule has 1 unspecified atom stereocenters. The fourth-order valence-electron chi connectivity index (χ4n) is 1.84. The molecule has 0 aromatic rings. The molecule has 0 aromatic heterocycles. The molecule has 0 rings (SSSR count). The number of unbranched alkanes of at least 4 members (excludes halogenated alkanes) is 1. The standard InChI is InChI=1S/C17H30O/c1-6-17(18)13-16(5)12-11-15(4)10-8-7-9-14(2)3/h11-15H,6-10H2,1-5H3. The molecule has 0 N–H and O–H groups in total. The summed E-state index contributed by atoms with van der Waals surface area (Å²) in [6.45, 7) is 10.7. The molecule has 1 heteroatoms. The van der Waals surface area contributed by atoms with E-state index in [-0.39, 0.29) is 5.78 Å². The molecular weight excluding hydrogens is 220 g/mol. The molecule has 104 valence electrons. The number of hydrogen-bond donors (Lipinski definition) is 0. The molecule has 0 aliphatic heterocycles. The van der Waals surface area contributed by atoms with Crippen molar-refractivity contribution in [1.82, 2.24) is 0 Å². The van der Waals surface area contributed by atoms with Crippen LogP contribution < -0.4 is 0 Å². The minimum absolute atomic E-state index is 0.210. The number of carbonyl (C=O) groups excluding carboxylic acids is 1. The van der Waals surface area contributed by atoms with Crippen LogP contribution in [0.1, 0.15) is 66.7 Å². The molecular formula is C17H30O. The first-order chi connectivity index (χ1) is 8.45. The van der Waals surface area contributed by atoms with Crippen LogP contribution in [0.25, 0.3) is 0 Å². The van der Waals surface area contributed by atoms with Gasteiger partial charge in [0.2, 0.25) is 0 Å². The van der Waals surface area contributed by atoms with Crippen LogP contribution in [0.3, 0.4) is 0 Å². The summed E-state index contributed by atoms with van der Waals surface area (Å²) in [5.74, 6) is 1.64. The molecule has 0 fully saturated rings. The van der Waals surface area contributed by atoms with Crippen molar-refractivity contribution >= 4 is 5.78 Å². The van der Waals surface area contributed by atoms with Crippen LogP contribution in [0.4, 0.5) is 0 Å². The predicted octanol–water partition coefficient (Wildman–Crippen LogP) is 5.32. The van der Waals surface area contributed by atoms with E-state index in [1.165, 1.54) is 25.7 Å². The van der Waals surface area contributed by atoms with Crippen molar-refractivity contribution in [3.05, 3.63) is 23.8 Å². The van der Waals surface area contributed by atoms with Crippen molar-refractivity contribution in [3.8, 4) is 0 Å². The topological polar surface area (TPSA) is 17.1 Å². The fourth-order valence-corrected chi connectivity index (χ4v) is 1.84. The van der Waals surface area contributed by atoms with Crippen molar-refractivity contribution in [2.45, 2.75) is 66.7 Å². The van der Waals surface area contributed by atoms with E-state index < -0.39 is 0 Å². The zero-order valence-electron chi connectivity index (χ0n) is 12.8. The Morgan fingerprint density at radius 2 is 1.72 bits per heavy atom. The molecule has 0 bridgehead atoms. The lowest BCUT2D eigenvalue weighted by atomic mass is 9.99. The smallest absolute Gasteiger partial charge is 0.155 e. The minimum atomic E-state index is 0.210. The average Bonchev–Trinajstić information content (AvgIpc) is 2.31. The quantitative estimate of drug-likeness (QED) is 0.307. The molecule has 0 saturated heterocycles. The fraction of sp³-hybridized carbons (Fsp3) is 0.706. The third kappa shape index (κ3) is 10.3. The highest BCUT2D eigenvalue weighted by Gasteiger charge is 1.99. The van der Waals surface area contributed by atoms with Crippen molar-refractivity contribution in [1.29, 1.82) is 0 Å². The van der Waals surface area contributed by atoms with E-state index in [2.05, 4.69) is 32.9 Å². The molecule has 0 saturated carbocycles. The number of hydrogen-bond acceptors (Lipinski definition) is 1. The zero-order valence-corrected chi connectivity index (χ0v) is 12.8. The third-order valence-corrected chi connectivity index (χ3v) is 3.12. The molecule has 0 spiro atoms. The molecule has 18 heavy (non-hydrogen) atoms. The maximum Gasteiger partial charge on any atom is 0.155 e. The van der Waals surface area contributed by atoms with Crippen LogP contribution >= 0.6 is 0 Å². The van der Waals surface area contributed by atoms with Gasteiger partial charge in [-0.2, -0.15) is 0 Å². The summed E-state index contributed by atoms with van der Waals surface area (Å²) < 4.78 is 0. The van der Waals surface area contributed by atoms with Crippen LogP contribution in [-0.2, 0) is 4.79 Å². The Labute approximate surface area is 113 Å². The molecule has 0 aliphatic carbocycles. The number of ketones is 1. The summed E-state index contributed by atoms with van der Waals surface area (Å²) >= 11 is 0. The highest BCUT2D eigenvalue weighted by molar-refractivity contribution is 5.90. The van der Waals surface area contributed by atoms with Gasteiger partial charge in [0.25, 0.3) is 0 Å². The van der Waals surface area contributed by atoms with Gasteiger partial charge >= 0.3 is 0 Å². The summed E-state index contributed by atoms with van der Waals surface area (Å²) in [5.41, 5.74) is 1.07. The first-order valence-electron chi connectivity index (χ1n) is 7.35. The summed E-state index contributed by atoms with van der Waals surface area (Å²) in [7, 11) is 0. The van der Waals surface area contributed by atoms with Gasteiger partial charge in [-0.1, -0.05) is 59.1 Å². The largest absolute Gasteiger partial charge is 0.295 e. The van der Waals surface area contributed by atoms with E-state index in [1.807, 2.05) is 13.8 Å². The van der Waals surface area contributed by atoms with Gasteiger partial charge in [0.15, 0.2) is 5.78 Å². The van der Waals surface area contributed by atoms with Crippen LogP contribution in [-0.4, -0.2) is 5.78 Å². The van der Waals surface area contributed by atoms with Gasteiger partial charge in [0.05, 0.1) is 0 Å². The summed E-state index contributed by atoms with van der Waals surface area (Å²) in [5, 5.41) is 0. The van der Waals surface area contributed by atoms with E-state index in [1.54, 1.807) is 6.08 Å². The Hall–Kier alpha value is -0.850. The molecule has 0 heterocycles. The number of carbonyl (C=O) groups is 1. The van der Waals surface area contributed by atoms with Crippen LogP contribution in [0, 0.1) is 11.8 Å². The summed E-state index contributed by atoms with van der Waals surface area (Å²) in [4.78, 5) is 11.2. The Bertz CT molecular complexity index is 284. The van der Waals surface area contributed by atoms with Crippen LogP contribution in [0.2, 0.25) is 0 Å². The van der Waals surface area contributed by atoms with E-state index in [0.717, 1.165) is 11.5 Å². The SMILES string of the molecule is CCC(=O)C=C(C)C=CC(C)CCCCC(C)C. The molecule has 0 radical (unpaired) electrons. The predicted molar refractivity (Wildman–Crippen MR) is 80.7 cm³/mol. The van der Waals surface area contributed by atoms with Gasteiger partial charge in [-0.25, -0.2) is 0 Å². The normalized spacial score (nSPS) is 14.4. The van der Waals surface area contributed by atoms with Crippen LogP contribution in [0.15, 0.2) is 23.8 Å². The highest BCUT2D eigenvalue weighted by atomic mass is 16.1.